The molecule has 1 aromatic heterocycles. The molecule has 0 saturated carbocycles. The number of nitrogens with zero attached hydrogens (tertiary/aromatic N) is 3. The molecule has 1 unspecified atom stereocenters. The lowest BCUT2D eigenvalue weighted by atomic mass is 9.91. The first-order valence-electron chi connectivity index (χ1n) is 12.7. The molecular formula is C27H32N4O6. The summed E-state index contributed by atoms with van der Waals surface area (Å²) in [4.78, 5) is 40.3. The lowest BCUT2D eigenvalue weighted by Gasteiger charge is -2.35. The summed E-state index contributed by atoms with van der Waals surface area (Å²) in [6.45, 7) is 9.71. The summed E-state index contributed by atoms with van der Waals surface area (Å²) in [6.07, 6.45) is 0.432. The minimum Gasteiger partial charge on any atom is -0.492 e. The molecule has 196 valence electrons. The van der Waals surface area contributed by atoms with Gasteiger partial charge in [0.1, 0.15) is 23.7 Å². The van der Waals surface area contributed by atoms with Gasteiger partial charge >= 0.3 is 6.09 Å². The third kappa shape index (κ3) is 5.53. The van der Waals surface area contributed by atoms with Crippen molar-refractivity contribution in [1.82, 2.24) is 20.3 Å². The molecular weight excluding hydrogens is 476 g/mol. The molecule has 0 radical (unpaired) electrons. The van der Waals surface area contributed by atoms with Crippen molar-refractivity contribution in [3.05, 3.63) is 36.0 Å². The van der Waals surface area contributed by atoms with E-state index in [1.165, 1.54) is 0 Å². The summed E-state index contributed by atoms with van der Waals surface area (Å²) >= 11 is 0. The Bertz CT molecular complexity index is 1340. The van der Waals surface area contributed by atoms with Gasteiger partial charge < -0.3 is 18.9 Å². The largest absolute Gasteiger partial charge is 0.492 e. The van der Waals surface area contributed by atoms with Gasteiger partial charge in [-0.1, -0.05) is 11.2 Å². The summed E-state index contributed by atoms with van der Waals surface area (Å²) < 4.78 is 17.0. The first-order valence-corrected chi connectivity index (χ1v) is 12.7. The Morgan fingerprint density at radius 2 is 1.92 bits per heavy atom. The summed E-state index contributed by atoms with van der Waals surface area (Å²) in [5, 5.41) is 9.25. The van der Waals surface area contributed by atoms with Crippen LogP contribution in [0.2, 0.25) is 0 Å². The monoisotopic (exact) mass is 508 g/mol. The van der Waals surface area contributed by atoms with E-state index < -0.39 is 11.5 Å². The van der Waals surface area contributed by atoms with Gasteiger partial charge in [0.05, 0.1) is 11.3 Å². The van der Waals surface area contributed by atoms with Gasteiger partial charge in [-0.3, -0.25) is 19.8 Å². The van der Waals surface area contributed by atoms with Gasteiger partial charge in [-0.2, -0.15) is 0 Å². The normalized spacial score (nSPS) is 19.3. The minimum atomic E-state index is -0.517. The summed E-state index contributed by atoms with van der Waals surface area (Å²) in [7, 11) is 0. The second kappa shape index (κ2) is 10.0. The standard InChI is InChI=1S/C27H32N4O6/c1-27(2,3)36-26(34)31-12-10-30(11-13-31)14-15-35-18-5-6-19-17(16-18)4-8-21-23(19)24(29-37-21)20-7-9-22(32)28-25(20)33/h4-6,8,16,20H,7,9-15H2,1-3H3,(H,28,32,33). The van der Waals surface area contributed by atoms with Crippen LogP contribution in [-0.2, 0) is 14.3 Å². The van der Waals surface area contributed by atoms with E-state index in [-0.39, 0.29) is 24.3 Å². The number of hydrogen-bond donors (Lipinski definition) is 1. The average molecular weight is 509 g/mol. The van der Waals surface area contributed by atoms with Crippen molar-refractivity contribution >= 4 is 39.6 Å². The van der Waals surface area contributed by atoms with Crippen molar-refractivity contribution in [2.75, 3.05) is 39.3 Å². The molecule has 3 heterocycles. The van der Waals surface area contributed by atoms with Gasteiger partial charge in [-0.15, -0.1) is 0 Å². The maximum atomic E-state index is 12.4. The number of ether oxygens (including phenoxy) is 2. The number of nitrogens with one attached hydrogen (secondary N) is 1. The lowest BCUT2D eigenvalue weighted by Crippen LogP contribution is -2.50. The van der Waals surface area contributed by atoms with Gasteiger partial charge in [0.25, 0.3) is 0 Å². The molecule has 3 aromatic rings. The molecule has 0 spiro atoms. The zero-order valence-electron chi connectivity index (χ0n) is 21.4. The Hall–Kier alpha value is -3.66. The Kier molecular flexibility index (Phi) is 6.76. The molecule has 3 amide bonds. The number of carbonyl (C=O) groups excluding carboxylic acids is 3. The molecule has 0 aliphatic carbocycles. The predicted molar refractivity (Wildman–Crippen MR) is 136 cm³/mol. The van der Waals surface area contributed by atoms with Crippen LogP contribution in [0.4, 0.5) is 4.79 Å². The quantitative estimate of drug-likeness (QED) is 0.522. The van der Waals surface area contributed by atoms with Crippen molar-refractivity contribution in [2.24, 2.45) is 0 Å². The predicted octanol–water partition coefficient (Wildman–Crippen LogP) is 3.43. The zero-order valence-corrected chi connectivity index (χ0v) is 21.4. The molecule has 0 bridgehead atoms. The summed E-state index contributed by atoms with van der Waals surface area (Å²) in [6, 6.07) is 9.62. The first kappa shape index (κ1) is 25.0. The Balaban J connectivity index is 1.20. The maximum absolute atomic E-state index is 12.4. The van der Waals surface area contributed by atoms with Gasteiger partial charge in [-0.05, 0) is 62.2 Å². The van der Waals surface area contributed by atoms with E-state index in [4.69, 9.17) is 14.0 Å². The molecule has 10 nitrogen and oxygen atoms in total. The minimum absolute atomic E-state index is 0.259. The number of hydrogen-bond acceptors (Lipinski definition) is 8. The van der Waals surface area contributed by atoms with Gasteiger partial charge in [0.2, 0.25) is 11.8 Å². The zero-order chi connectivity index (χ0) is 26.2. The number of fused-ring (bicyclic) bond motifs is 3. The van der Waals surface area contributed by atoms with Gasteiger partial charge in [0, 0.05) is 39.1 Å². The molecule has 10 heteroatoms. The topological polar surface area (TPSA) is 114 Å². The van der Waals surface area contributed by atoms with Crippen molar-refractivity contribution < 1.29 is 28.4 Å². The van der Waals surface area contributed by atoms with Crippen LogP contribution in [0.5, 0.6) is 5.75 Å². The first-order chi connectivity index (χ1) is 17.7. The van der Waals surface area contributed by atoms with Crippen molar-refractivity contribution in [2.45, 2.75) is 45.1 Å². The number of carbonyl (C=O) groups is 3. The fraction of sp³-hybridized carbons (Fsp3) is 0.481. The smallest absolute Gasteiger partial charge is 0.410 e. The second-order valence-electron chi connectivity index (χ2n) is 10.6. The van der Waals surface area contributed by atoms with Gasteiger partial charge in [0.15, 0.2) is 5.58 Å². The number of rotatable bonds is 5. The van der Waals surface area contributed by atoms with Crippen LogP contribution in [-0.4, -0.2) is 77.8 Å². The van der Waals surface area contributed by atoms with Gasteiger partial charge in [-0.25, -0.2) is 4.79 Å². The second-order valence-corrected chi connectivity index (χ2v) is 10.6. The van der Waals surface area contributed by atoms with E-state index in [0.29, 0.717) is 37.4 Å². The number of amides is 3. The van der Waals surface area contributed by atoms with Crippen LogP contribution < -0.4 is 10.1 Å². The number of aromatic nitrogens is 1. The number of imide groups is 1. The summed E-state index contributed by atoms with van der Waals surface area (Å²) in [5.41, 5.74) is 0.671. The molecule has 1 N–H and O–H groups in total. The van der Waals surface area contributed by atoms with Crippen molar-refractivity contribution in [3.63, 3.8) is 0 Å². The van der Waals surface area contributed by atoms with Crippen LogP contribution in [0.1, 0.15) is 45.2 Å². The van der Waals surface area contributed by atoms with Crippen LogP contribution in [0.3, 0.4) is 0 Å². The third-order valence-corrected chi connectivity index (χ3v) is 6.72. The van der Waals surface area contributed by atoms with E-state index in [1.54, 1.807) is 4.90 Å². The highest BCUT2D eigenvalue weighted by molar-refractivity contribution is 6.10. The summed E-state index contributed by atoms with van der Waals surface area (Å²) in [5.74, 6) is -0.365. The van der Waals surface area contributed by atoms with Crippen LogP contribution in [0.25, 0.3) is 21.7 Å². The Labute approximate surface area is 214 Å². The molecule has 2 aromatic carbocycles. The molecule has 2 fully saturated rings. The van der Waals surface area contributed by atoms with Crippen molar-refractivity contribution in [3.8, 4) is 5.75 Å². The van der Waals surface area contributed by atoms with E-state index >= 15 is 0 Å². The number of piperazine rings is 1. The van der Waals surface area contributed by atoms with Crippen molar-refractivity contribution in [1.29, 1.82) is 0 Å². The highest BCUT2D eigenvalue weighted by Gasteiger charge is 2.32. The number of piperidine rings is 1. The van der Waals surface area contributed by atoms with Crippen LogP contribution >= 0.6 is 0 Å². The lowest BCUT2D eigenvalue weighted by molar-refractivity contribution is -0.134. The van der Waals surface area contributed by atoms with Crippen LogP contribution in [0.15, 0.2) is 34.9 Å². The Morgan fingerprint density at radius 3 is 2.65 bits per heavy atom. The Morgan fingerprint density at radius 1 is 1.14 bits per heavy atom. The average Bonchev–Trinajstić information content (AvgIpc) is 3.27. The maximum Gasteiger partial charge on any atom is 0.410 e. The highest BCUT2D eigenvalue weighted by Crippen LogP contribution is 2.36. The molecule has 37 heavy (non-hydrogen) atoms. The molecule has 2 aliphatic heterocycles. The van der Waals surface area contributed by atoms with E-state index in [1.807, 2.05) is 51.1 Å². The third-order valence-electron chi connectivity index (χ3n) is 6.72. The molecule has 2 saturated heterocycles. The van der Waals surface area contributed by atoms with E-state index in [9.17, 15) is 14.4 Å². The van der Waals surface area contributed by atoms with E-state index in [2.05, 4.69) is 15.4 Å². The highest BCUT2D eigenvalue weighted by atomic mass is 16.6. The number of benzene rings is 2. The molecule has 5 rings (SSSR count). The molecule has 2 aliphatic rings. The fourth-order valence-electron chi connectivity index (χ4n) is 4.83. The van der Waals surface area contributed by atoms with E-state index in [0.717, 1.165) is 41.5 Å². The molecule has 1 atom stereocenters. The van der Waals surface area contributed by atoms with Crippen LogP contribution in [0, 0.1) is 0 Å². The SMILES string of the molecule is CC(C)(C)OC(=O)N1CCN(CCOc2ccc3c(ccc4onc(C5CCC(=O)NC5=O)c43)c2)CC1. The fourth-order valence-corrected chi connectivity index (χ4v) is 4.83.